The summed E-state index contributed by atoms with van der Waals surface area (Å²) in [4.78, 5) is 14.1. The number of hydrogen-bond donors (Lipinski definition) is 1. The summed E-state index contributed by atoms with van der Waals surface area (Å²) >= 11 is 0. The number of hydrogen-bond acceptors (Lipinski definition) is 5. The Hall–Kier alpha value is -2.54. The quantitative estimate of drug-likeness (QED) is 0.686. The number of aromatic nitrogens is 1. The lowest BCUT2D eigenvalue weighted by Crippen LogP contribution is -1.97. The number of pyridine rings is 1. The number of nitro groups is 1. The molecule has 0 saturated carbocycles. The minimum Gasteiger partial charge on any atom is -0.448 e. The van der Waals surface area contributed by atoms with Crippen molar-refractivity contribution in [3.8, 4) is 11.5 Å². The summed E-state index contributed by atoms with van der Waals surface area (Å²) in [6, 6.07) is 5.96. The Labute approximate surface area is 113 Å². The van der Waals surface area contributed by atoms with Gasteiger partial charge < -0.3 is 9.84 Å². The van der Waals surface area contributed by atoms with Crippen LogP contribution in [0.4, 0.5) is 10.1 Å². The van der Waals surface area contributed by atoms with Crippen molar-refractivity contribution < 1.29 is 19.2 Å². The fourth-order valence-electron chi connectivity index (χ4n) is 1.55. The molecule has 1 aromatic carbocycles. The van der Waals surface area contributed by atoms with Crippen LogP contribution in [0.5, 0.6) is 11.5 Å². The molecule has 0 amide bonds. The zero-order valence-corrected chi connectivity index (χ0v) is 10.5. The highest BCUT2D eigenvalue weighted by atomic mass is 19.1. The van der Waals surface area contributed by atoms with E-state index in [1.807, 2.05) is 0 Å². The maximum Gasteiger partial charge on any atom is 0.311 e. The lowest BCUT2D eigenvalue weighted by atomic mass is 10.2. The highest BCUT2D eigenvalue weighted by Crippen LogP contribution is 2.31. The molecule has 0 spiro atoms. The van der Waals surface area contributed by atoms with Gasteiger partial charge in [-0.2, -0.15) is 0 Å². The smallest absolute Gasteiger partial charge is 0.311 e. The Morgan fingerprint density at radius 2 is 2.15 bits per heavy atom. The van der Waals surface area contributed by atoms with E-state index >= 15 is 0 Å². The number of nitrogens with zero attached hydrogens (tertiary/aromatic N) is 2. The summed E-state index contributed by atoms with van der Waals surface area (Å²) in [5.41, 5.74) is 0.0945. The van der Waals surface area contributed by atoms with Gasteiger partial charge in [-0.05, 0) is 25.1 Å². The van der Waals surface area contributed by atoms with Gasteiger partial charge in [0.05, 0.1) is 22.9 Å². The first-order chi connectivity index (χ1) is 9.47. The van der Waals surface area contributed by atoms with Crippen LogP contribution in [0, 0.1) is 15.9 Å². The Kier molecular flexibility index (Phi) is 3.90. The molecular weight excluding hydrogens is 267 g/mol. The normalized spacial score (nSPS) is 11.9. The molecule has 0 bridgehead atoms. The van der Waals surface area contributed by atoms with Crippen molar-refractivity contribution in [1.29, 1.82) is 0 Å². The molecule has 2 aromatic rings. The summed E-state index contributed by atoms with van der Waals surface area (Å²) < 4.78 is 18.4. The van der Waals surface area contributed by atoms with Crippen molar-refractivity contribution in [2.24, 2.45) is 0 Å². The summed E-state index contributed by atoms with van der Waals surface area (Å²) in [5, 5.41) is 20.1. The minimum absolute atomic E-state index is 0.207. The second-order valence-electron chi connectivity index (χ2n) is 4.07. The van der Waals surface area contributed by atoms with Crippen LogP contribution in [-0.2, 0) is 0 Å². The largest absolute Gasteiger partial charge is 0.448 e. The molecular formula is C13H11FN2O4. The molecule has 6 nitrogen and oxygen atoms in total. The molecule has 1 heterocycles. The van der Waals surface area contributed by atoms with E-state index in [1.54, 1.807) is 6.92 Å². The highest BCUT2D eigenvalue weighted by Gasteiger charge is 2.17. The van der Waals surface area contributed by atoms with Crippen LogP contribution in [0.1, 0.15) is 18.7 Å². The molecule has 2 rings (SSSR count). The average molecular weight is 278 g/mol. The Morgan fingerprint density at radius 3 is 2.70 bits per heavy atom. The number of aliphatic hydroxyl groups excluding tert-OH is 1. The molecule has 1 N–H and O–H groups in total. The van der Waals surface area contributed by atoms with E-state index in [4.69, 9.17) is 4.74 Å². The van der Waals surface area contributed by atoms with Gasteiger partial charge in [-0.3, -0.25) is 15.1 Å². The van der Waals surface area contributed by atoms with E-state index in [0.717, 1.165) is 18.2 Å². The monoisotopic (exact) mass is 278 g/mol. The summed E-state index contributed by atoms with van der Waals surface area (Å²) in [5.74, 6) is -0.635. The van der Waals surface area contributed by atoms with E-state index in [0.29, 0.717) is 5.69 Å². The van der Waals surface area contributed by atoms with Crippen LogP contribution in [0.15, 0.2) is 36.5 Å². The van der Waals surface area contributed by atoms with Gasteiger partial charge in [-0.15, -0.1) is 0 Å². The molecule has 104 valence electrons. The Bertz CT molecular complexity index is 629. The number of benzene rings is 1. The van der Waals surface area contributed by atoms with Gasteiger partial charge in [0.15, 0.2) is 0 Å². The first-order valence-electron chi connectivity index (χ1n) is 5.73. The van der Waals surface area contributed by atoms with E-state index in [2.05, 4.69) is 4.98 Å². The third-order valence-electron chi connectivity index (χ3n) is 2.53. The molecule has 0 aliphatic rings. The summed E-state index contributed by atoms with van der Waals surface area (Å²) in [7, 11) is 0. The van der Waals surface area contributed by atoms with Crippen LogP contribution < -0.4 is 4.74 Å². The van der Waals surface area contributed by atoms with Gasteiger partial charge in [0.2, 0.25) is 5.75 Å². The van der Waals surface area contributed by atoms with Gasteiger partial charge in [0.25, 0.3) is 0 Å². The number of halogens is 1. The third-order valence-corrected chi connectivity index (χ3v) is 2.53. The Morgan fingerprint density at radius 1 is 1.40 bits per heavy atom. The van der Waals surface area contributed by atoms with E-state index < -0.39 is 16.8 Å². The zero-order chi connectivity index (χ0) is 14.7. The molecule has 1 aromatic heterocycles. The number of ether oxygens (including phenoxy) is 1. The number of aliphatic hydroxyl groups is 1. The van der Waals surface area contributed by atoms with Gasteiger partial charge in [0.1, 0.15) is 11.6 Å². The second-order valence-corrected chi connectivity index (χ2v) is 4.07. The van der Waals surface area contributed by atoms with Crippen LogP contribution in [0.2, 0.25) is 0 Å². The number of rotatable bonds is 4. The molecule has 1 unspecified atom stereocenters. The first kappa shape index (κ1) is 13.9. The Balaban J connectivity index is 2.29. The van der Waals surface area contributed by atoms with Gasteiger partial charge in [-0.25, -0.2) is 4.39 Å². The van der Waals surface area contributed by atoms with Crippen LogP contribution in [-0.4, -0.2) is 15.0 Å². The van der Waals surface area contributed by atoms with Crippen LogP contribution in [0.25, 0.3) is 0 Å². The van der Waals surface area contributed by atoms with Crippen LogP contribution in [0.3, 0.4) is 0 Å². The fourth-order valence-corrected chi connectivity index (χ4v) is 1.55. The maximum absolute atomic E-state index is 13.1. The SMILES string of the molecule is CC(O)c1ccc(Oc2cc(F)ccc2[N+](=O)[O-])cn1. The average Bonchev–Trinajstić information content (AvgIpc) is 2.39. The van der Waals surface area contributed by atoms with Gasteiger partial charge in [0, 0.05) is 12.1 Å². The molecule has 0 aliphatic carbocycles. The van der Waals surface area contributed by atoms with Crippen molar-refractivity contribution in [3.63, 3.8) is 0 Å². The molecule has 20 heavy (non-hydrogen) atoms. The molecule has 0 fully saturated rings. The molecule has 7 heteroatoms. The molecule has 1 atom stereocenters. The summed E-state index contributed by atoms with van der Waals surface area (Å²) in [6.07, 6.45) is 0.573. The van der Waals surface area contributed by atoms with Gasteiger partial charge in [-0.1, -0.05) is 0 Å². The first-order valence-corrected chi connectivity index (χ1v) is 5.73. The van der Waals surface area contributed by atoms with E-state index in [1.165, 1.54) is 18.3 Å². The third kappa shape index (κ3) is 3.07. The predicted molar refractivity (Wildman–Crippen MR) is 68.0 cm³/mol. The van der Waals surface area contributed by atoms with Crippen molar-refractivity contribution in [2.75, 3.05) is 0 Å². The van der Waals surface area contributed by atoms with Gasteiger partial charge >= 0.3 is 5.69 Å². The number of nitro benzene ring substituents is 1. The van der Waals surface area contributed by atoms with Crippen molar-refractivity contribution in [1.82, 2.24) is 4.98 Å². The second kappa shape index (κ2) is 5.62. The lowest BCUT2D eigenvalue weighted by Gasteiger charge is -2.08. The van der Waals surface area contributed by atoms with Crippen molar-refractivity contribution in [2.45, 2.75) is 13.0 Å². The topological polar surface area (TPSA) is 85.5 Å². The molecule has 0 radical (unpaired) electrons. The summed E-state index contributed by atoms with van der Waals surface area (Å²) in [6.45, 7) is 1.56. The lowest BCUT2D eigenvalue weighted by molar-refractivity contribution is -0.385. The van der Waals surface area contributed by atoms with Crippen molar-refractivity contribution >= 4 is 5.69 Å². The van der Waals surface area contributed by atoms with E-state index in [-0.39, 0.29) is 17.2 Å². The fraction of sp³-hybridized carbons (Fsp3) is 0.154. The molecule has 0 aliphatic heterocycles. The maximum atomic E-state index is 13.1. The molecule has 0 saturated heterocycles. The van der Waals surface area contributed by atoms with Crippen molar-refractivity contribution in [3.05, 3.63) is 58.2 Å². The highest BCUT2D eigenvalue weighted by molar-refractivity contribution is 5.48. The predicted octanol–water partition coefficient (Wildman–Crippen LogP) is 2.97. The minimum atomic E-state index is -0.729. The zero-order valence-electron chi connectivity index (χ0n) is 10.5. The standard InChI is InChI=1S/C13H11FN2O4/c1-8(17)11-4-3-10(7-15-11)20-13-6-9(14)2-5-12(13)16(18)19/h2-8,17H,1H3. The van der Waals surface area contributed by atoms with Crippen LogP contribution >= 0.6 is 0 Å². The van der Waals surface area contributed by atoms with E-state index in [9.17, 15) is 19.6 Å².